The molecule has 4 heterocycles. The van der Waals surface area contributed by atoms with Crippen molar-refractivity contribution in [2.45, 2.75) is 57.0 Å². The second-order valence-corrected chi connectivity index (χ2v) is 8.77. The van der Waals surface area contributed by atoms with Crippen LogP contribution in [-0.2, 0) is 23.8 Å². The molecule has 6 rings (SSSR count). The zero-order valence-electron chi connectivity index (χ0n) is 14.9. The molecule has 6 nitrogen and oxygen atoms in total. The van der Waals surface area contributed by atoms with Crippen LogP contribution in [0.2, 0.25) is 0 Å². The molecule has 1 aromatic rings. The molecule has 3 aliphatic heterocycles. The number of fused-ring (bicyclic) bond motifs is 1. The highest BCUT2D eigenvalue weighted by Crippen LogP contribution is 2.75. The van der Waals surface area contributed by atoms with Crippen molar-refractivity contribution in [3.05, 3.63) is 35.3 Å². The van der Waals surface area contributed by atoms with E-state index in [1.807, 2.05) is 19.9 Å². The molecule has 2 saturated carbocycles. The normalized spacial score (nSPS) is 50.7. The number of carbonyl (C=O) groups excluding carboxylic acids is 2. The van der Waals surface area contributed by atoms with Crippen molar-refractivity contribution in [3.63, 3.8) is 0 Å². The number of epoxide rings is 1. The largest absolute Gasteiger partial charge is 0.472 e. The van der Waals surface area contributed by atoms with E-state index in [1.165, 1.54) is 0 Å². The molecule has 0 radical (unpaired) electrons. The smallest absolute Gasteiger partial charge is 0.334 e. The first kappa shape index (κ1) is 15.0. The molecular weight excluding hydrogens is 336 g/mol. The van der Waals surface area contributed by atoms with E-state index < -0.39 is 22.7 Å². The summed E-state index contributed by atoms with van der Waals surface area (Å²) >= 11 is 0. The Morgan fingerprint density at radius 3 is 2.77 bits per heavy atom. The van der Waals surface area contributed by atoms with Crippen molar-refractivity contribution in [2.24, 2.45) is 17.3 Å². The van der Waals surface area contributed by atoms with Crippen LogP contribution in [0.15, 0.2) is 34.2 Å². The van der Waals surface area contributed by atoms with Gasteiger partial charge in [-0.1, -0.05) is 0 Å². The van der Waals surface area contributed by atoms with E-state index in [0.717, 1.165) is 24.0 Å². The van der Waals surface area contributed by atoms with Crippen LogP contribution in [0.1, 0.15) is 45.3 Å². The van der Waals surface area contributed by atoms with Gasteiger partial charge in [0.15, 0.2) is 11.7 Å². The van der Waals surface area contributed by atoms with E-state index in [-0.39, 0.29) is 29.9 Å². The summed E-state index contributed by atoms with van der Waals surface area (Å²) in [5.41, 5.74) is 0.516. The molecule has 6 heteroatoms. The maximum atomic E-state index is 12.7. The third-order valence-electron chi connectivity index (χ3n) is 7.66. The summed E-state index contributed by atoms with van der Waals surface area (Å²) in [4.78, 5) is 25.4. The lowest BCUT2D eigenvalue weighted by molar-refractivity contribution is -0.156. The standard InChI is InChI=1S/C20H20O6/c1-9-12-11-4-6-18(2)13(19(11,3)26-17(18)22)15-20(12,25-15)14(24-16(9)21)10-5-7-23-8-10/h5,7-8,11,13-15H,4,6H2,1-3H3/t11-,13?,14-,15+,18+,19?,20+/m1/s1. The maximum Gasteiger partial charge on any atom is 0.334 e. The molecule has 1 aromatic heterocycles. The van der Waals surface area contributed by atoms with Crippen molar-refractivity contribution >= 4 is 11.9 Å². The number of hydrogen-bond donors (Lipinski definition) is 0. The fourth-order valence-corrected chi connectivity index (χ4v) is 6.50. The minimum atomic E-state index is -0.688. The van der Waals surface area contributed by atoms with Crippen LogP contribution >= 0.6 is 0 Å². The van der Waals surface area contributed by atoms with Gasteiger partial charge in [-0.25, -0.2) is 4.79 Å². The highest BCUT2D eigenvalue weighted by molar-refractivity contribution is 5.92. The number of cyclic esters (lactones) is 1. The highest BCUT2D eigenvalue weighted by Gasteiger charge is 2.85. The zero-order chi connectivity index (χ0) is 18.1. The lowest BCUT2D eigenvalue weighted by atomic mass is 9.49. The van der Waals surface area contributed by atoms with Gasteiger partial charge in [-0.15, -0.1) is 0 Å². The predicted octanol–water partition coefficient (Wildman–Crippen LogP) is 2.69. The minimum Gasteiger partial charge on any atom is -0.472 e. The highest BCUT2D eigenvalue weighted by atomic mass is 16.7. The van der Waals surface area contributed by atoms with E-state index in [4.69, 9.17) is 18.6 Å². The Balaban J connectivity index is 1.60. The molecule has 5 aliphatic rings. The Labute approximate surface area is 150 Å². The Hall–Kier alpha value is -2.08. The maximum absolute atomic E-state index is 12.7. The molecule has 0 amide bonds. The van der Waals surface area contributed by atoms with Gasteiger partial charge in [-0.3, -0.25) is 4.79 Å². The van der Waals surface area contributed by atoms with Crippen molar-refractivity contribution < 1.29 is 28.2 Å². The van der Waals surface area contributed by atoms with Gasteiger partial charge < -0.3 is 18.6 Å². The molecule has 0 N–H and O–H groups in total. The summed E-state index contributed by atoms with van der Waals surface area (Å²) < 4.78 is 23.4. The third kappa shape index (κ3) is 1.33. The first-order valence-corrected chi connectivity index (χ1v) is 9.19. The Kier molecular flexibility index (Phi) is 2.36. The fourth-order valence-electron chi connectivity index (χ4n) is 6.50. The molecule has 2 unspecified atom stereocenters. The lowest BCUT2D eigenvalue weighted by Crippen LogP contribution is -2.60. The van der Waals surface area contributed by atoms with Crippen LogP contribution in [0.3, 0.4) is 0 Å². The van der Waals surface area contributed by atoms with Gasteiger partial charge >= 0.3 is 11.9 Å². The van der Waals surface area contributed by atoms with Crippen LogP contribution < -0.4 is 0 Å². The van der Waals surface area contributed by atoms with E-state index in [0.29, 0.717) is 5.57 Å². The minimum absolute atomic E-state index is 0.0203. The molecule has 2 aliphatic carbocycles. The summed E-state index contributed by atoms with van der Waals surface area (Å²) in [5.74, 6) is -0.523. The average Bonchev–Trinajstić information content (AvgIpc) is 2.99. The molecule has 2 saturated heterocycles. The number of ether oxygens (including phenoxy) is 3. The van der Waals surface area contributed by atoms with Crippen LogP contribution in [0.25, 0.3) is 0 Å². The van der Waals surface area contributed by atoms with Gasteiger partial charge in [0.25, 0.3) is 0 Å². The summed E-state index contributed by atoms with van der Waals surface area (Å²) in [7, 11) is 0. The topological polar surface area (TPSA) is 78.3 Å². The van der Waals surface area contributed by atoms with Crippen LogP contribution in [-0.4, -0.2) is 29.2 Å². The number of esters is 2. The van der Waals surface area contributed by atoms with Crippen molar-refractivity contribution in [2.75, 3.05) is 0 Å². The molecule has 4 bridgehead atoms. The van der Waals surface area contributed by atoms with E-state index >= 15 is 0 Å². The SMILES string of the molecule is CC1=C2[C@H]3CC[C@]4(C)C(=O)OC3(C)C4[C@@H]3O[C@]23[C@@H](c2ccoc2)OC1=O. The molecule has 136 valence electrons. The summed E-state index contributed by atoms with van der Waals surface area (Å²) in [6, 6.07) is 1.81. The Bertz CT molecular complexity index is 899. The van der Waals surface area contributed by atoms with Gasteiger partial charge in [0.2, 0.25) is 0 Å². The Morgan fingerprint density at radius 2 is 2.04 bits per heavy atom. The Morgan fingerprint density at radius 1 is 1.23 bits per heavy atom. The molecule has 7 atom stereocenters. The lowest BCUT2D eigenvalue weighted by Gasteiger charge is -2.52. The van der Waals surface area contributed by atoms with Gasteiger partial charge in [0.1, 0.15) is 11.7 Å². The average molecular weight is 356 g/mol. The second-order valence-electron chi connectivity index (χ2n) is 8.77. The summed E-state index contributed by atoms with van der Waals surface area (Å²) in [5, 5.41) is 0. The number of furan rings is 1. The summed E-state index contributed by atoms with van der Waals surface area (Å²) in [6.07, 6.45) is 4.01. The monoisotopic (exact) mass is 356 g/mol. The van der Waals surface area contributed by atoms with Crippen molar-refractivity contribution in [1.29, 1.82) is 0 Å². The van der Waals surface area contributed by atoms with Crippen molar-refractivity contribution in [3.8, 4) is 0 Å². The zero-order valence-corrected chi connectivity index (χ0v) is 14.9. The number of hydrogen-bond acceptors (Lipinski definition) is 6. The second kappa shape index (κ2) is 4.09. The quantitative estimate of drug-likeness (QED) is 0.569. The van der Waals surface area contributed by atoms with E-state index in [2.05, 4.69) is 0 Å². The fraction of sp³-hybridized carbons (Fsp3) is 0.600. The number of carbonyl (C=O) groups is 2. The molecule has 4 fully saturated rings. The first-order chi connectivity index (χ1) is 12.3. The molecule has 0 aromatic carbocycles. The number of rotatable bonds is 1. The third-order valence-corrected chi connectivity index (χ3v) is 7.66. The van der Waals surface area contributed by atoms with Crippen LogP contribution in [0, 0.1) is 17.3 Å². The predicted molar refractivity (Wildman–Crippen MR) is 86.7 cm³/mol. The molecule has 26 heavy (non-hydrogen) atoms. The first-order valence-electron chi connectivity index (χ1n) is 9.19. The molecule has 1 spiro atoms. The van der Waals surface area contributed by atoms with Crippen LogP contribution in [0.4, 0.5) is 0 Å². The van der Waals surface area contributed by atoms with E-state index in [1.54, 1.807) is 19.5 Å². The van der Waals surface area contributed by atoms with Crippen LogP contribution in [0.5, 0.6) is 0 Å². The van der Waals surface area contributed by atoms with Gasteiger partial charge in [-0.2, -0.15) is 0 Å². The van der Waals surface area contributed by atoms with Gasteiger partial charge in [-0.05, 0) is 45.3 Å². The summed E-state index contributed by atoms with van der Waals surface area (Å²) in [6.45, 7) is 5.82. The van der Waals surface area contributed by atoms with Gasteiger partial charge in [0, 0.05) is 23.0 Å². The van der Waals surface area contributed by atoms with Gasteiger partial charge in [0.05, 0.1) is 17.9 Å². The van der Waals surface area contributed by atoms with Crippen molar-refractivity contribution in [1.82, 2.24) is 0 Å². The van der Waals surface area contributed by atoms with E-state index in [9.17, 15) is 9.59 Å². The molecular formula is C20H20O6.